The van der Waals surface area contributed by atoms with Crippen LogP contribution in [0.2, 0.25) is 0 Å². The smallest absolute Gasteiger partial charge is 0.274 e. The highest BCUT2D eigenvalue weighted by molar-refractivity contribution is 7.13. The van der Waals surface area contributed by atoms with Crippen LogP contribution in [0.15, 0.2) is 6.20 Å². The third-order valence-corrected chi connectivity index (χ3v) is 2.74. The molecule has 0 aliphatic rings. The summed E-state index contributed by atoms with van der Waals surface area (Å²) in [5.74, 6) is 6.00. The summed E-state index contributed by atoms with van der Waals surface area (Å²) in [5.41, 5.74) is 5.46. The minimum Gasteiger partial charge on any atom is -0.473 e. The van der Waals surface area contributed by atoms with E-state index >= 15 is 0 Å². The molecule has 14 heavy (non-hydrogen) atoms. The molecule has 0 saturated carbocycles. The molecule has 0 aliphatic carbocycles. The first-order valence-electron chi connectivity index (χ1n) is 4.39. The first kappa shape index (κ1) is 11.0. The highest BCUT2D eigenvalue weighted by Crippen LogP contribution is 2.18. The third kappa shape index (κ3) is 3.02. The van der Waals surface area contributed by atoms with Gasteiger partial charge in [-0.3, -0.25) is 0 Å². The number of rotatable bonds is 2. The first-order valence-corrected chi connectivity index (χ1v) is 5.21. The van der Waals surface area contributed by atoms with Gasteiger partial charge in [0, 0.05) is 0 Å². The molecule has 0 aliphatic heterocycles. The number of nitrogens with zero attached hydrogens (tertiary/aromatic N) is 1. The van der Waals surface area contributed by atoms with Gasteiger partial charge in [-0.2, -0.15) is 0 Å². The van der Waals surface area contributed by atoms with E-state index in [-0.39, 0.29) is 0 Å². The van der Waals surface area contributed by atoms with Gasteiger partial charge in [0.15, 0.2) is 0 Å². The van der Waals surface area contributed by atoms with Gasteiger partial charge in [0.1, 0.15) is 4.88 Å². The van der Waals surface area contributed by atoms with E-state index in [0.29, 0.717) is 5.19 Å². The van der Waals surface area contributed by atoms with Gasteiger partial charge in [-0.05, 0) is 13.3 Å². The van der Waals surface area contributed by atoms with Crippen molar-refractivity contribution in [3.8, 4) is 17.0 Å². The number of methoxy groups -OCH3 is 1. The van der Waals surface area contributed by atoms with Crippen LogP contribution < -0.4 is 10.5 Å². The zero-order valence-electron chi connectivity index (χ0n) is 8.63. The molecular formula is C10H14N2OS. The Morgan fingerprint density at radius 1 is 1.71 bits per heavy atom. The van der Waals surface area contributed by atoms with Crippen molar-refractivity contribution in [1.29, 1.82) is 0 Å². The molecule has 0 aromatic carbocycles. The fraction of sp³-hybridized carbons (Fsp3) is 0.500. The minimum atomic E-state index is -0.419. The second-order valence-electron chi connectivity index (χ2n) is 3.22. The van der Waals surface area contributed by atoms with E-state index in [2.05, 4.69) is 16.8 Å². The van der Waals surface area contributed by atoms with Crippen LogP contribution in [0.3, 0.4) is 0 Å². The number of ether oxygens (including phenoxy) is 1. The monoisotopic (exact) mass is 210 g/mol. The Balaban J connectivity index is 2.77. The number of thiazole rings is 1. The van der Waals surface area contributed by atoms with Gasteiger partial charge < -0.3 is 10.5 Å². The van der Waals surface area contributed by atoms with Crippen molar-refractivity contribution >= 4 is 11.3 Å². The van der Waals surface area contributed by atoms with E-state index in [1.54, 1.807) is 13.3 Å². The summed E-state index contributed by atoms with van der Waals surface area (Å²) >= 11 is 1.42. The third-order valence-electron chi connectivity index (χ3n) is 1.86. The highest BCUT2D eigenvalue weighted by atomic mass is 32.1. The lowest BCUT2D eigenvalue weighted by Crippen LogP contribution is -2.32. The van der Waals surface area contributed by atoms with E-state index in [4.69, 9.17) is 10.5 Å². The summed E-state index contributed by atoms with van der Waals surface area (Å²) in [5, 5.41) is 0.629. The maximum atomic E-state index is 5.88. The van der Waals surface area contributed by atoms with Crippen molar-refractivity contribution in [2.24, 2.45) is 5.73 Å². The van der Waals surface area contributed by atoms with Gasteiger partial charge >= 0.3 is 0 Å². The van der Waals surface area contributed by atoms with Crippen LogP contribution in [-0.2, 0) is 0 Å². The summed E-state index contributed by atoms with van der Waals surface area (Å²) in [6, 6.07) is 0. The number of hydrogen-bond acceptors (Lipinski definition) is 4. The molecule has 0 bridgehead atoms. The lowest BCUT2D eigenvalue weighted by molar-refractivity contribution is 0.412. The largest absolute Gasteiger partial charge is 0.473 e. The van der Waals surface area contributed by atoms with Crippen LogP contribution in [0.4, 0.5) is 0 Å². The van der Waals surface area contributed by atoms with Gasteiger partial charge in [-0.1, -0.05) is 30.1 Å². The minimum absolute atomic E-state index is 0.419. The predicted octanol–water partition coefficient (Wildman–Crippen LogP) is 1.63. The van der Waals surface area contributed by atoms with Crippen LogP contribution in [0, 0.1) is 11.8 Å². The molecule has 0 saturated heterocycles. The van der Waals surface area contributed by atoms with Gasteiger partial charge in [0.05, 0.1) is 18.8 Å². The Bertz CT molecular complexity index is 360. The molecule has 0 spiro atoms. The fourth-order valence-electron chi connectivity index (χ4n) is 0.703. The van der Waals surface area contributed by atoms with Crippen LogP contribution in [0.5, 0.6) is 5.19 Å². The summed E-state index contributed by atoms with van der Waals surface area (Å²) in [7, 11) is 1.59. The van der Waals surface area contributed by atoms with E-state index in [9.17, 15) is 0 Å². The Morgan fingerprint density at radius 2 is 2.43 bits per heavy atom. The van der Waals surface area contributed by atoms with Crippen molar-refractivity contribution in [3.05, 3.63) is 11.1 Å². The summed E-state index contributed by atoms with van der Waals surface area (Å²) in [4.78, 5) is 4.90. The predicted molar refractivity (Wildman–Crippen MR) is 58.4 cm³/mol. The standard InChI is InChI=1S/C10H14N2OS/c1-4-10(2,11)6-5-8-7-12-9(13-3)14-8/h7H,4,11H2,1-3H3. The fourth-order valence-corrected chi connectivity index (χ4v) is 1.29. The van der Waals surface area contributed by atoms with Crippen LogP contribution in [0.1, 0.15) is 25.1 Å². The second-order valence-corrected chi connectivity index (χ2v) is 4.21. The average Bonchev–Trinajstić information content (AvgIpc) is 2.63. The summed E-state index contributed by atoms with van der Waals surface area (Å²) in [6.07, 6.45) is 2.53. The van der Waals surface area contributed by atoms with Gasteiger partial charge in [-0.15, -0.1) is 0 Å². The Hall–Kier alpha value is -1.05. The molecule has 3 nitrogen and oxygen atoms in total. The van der Waals surface area contributed by atoms with Crippen molar-refractivity contribution in [2.75, 3.05) is 7.11 Å². The molecule has 2 N–H and O–H groups in total. The number of nitrogens with two attached hydrogens (primary N) is 1. The van der Waals surface area contributed by atoms with E-state index in [1.807, 2.05) is 13.8 Å². The molecule has 1 aromatic rings. The molecule has 1 aromatic heterocycles. The molecule has 0 fully saturated rings. The van der Waals surface area contributed by atoms with Crippen molar-refractivity contribution < 1.29 is 4.74 Å². The van der Waals surface area contributed by atoms with Crippen LogP contribution >= 0.6 is 11.3 Å². The maximum absolute atomic E-state index is 5.88. The summed E-state index contributed by atoms with van der Waals surface area (Å²) < 4.78 is 4.96. The Labute approximate surface area is 88.3 Å². The second kappa shape index (κ2) is 4.45. The van der Waals surface area contributed by atoms with Gasteiger partial charge in [0.25, 0.3) is 5.19 Å². The number of aromatic nitrogens is 1. The molecular weight excluding hydrogens is 196 g/mol. The topological polar surface area (TPSA) is 48.1 Å². The van der Waals surface area contributed by atoms with E-state index in [0.717, 1.165) is 11.3 Å². The zero-order chi connectivity index (χ0) is 10.6. The molecule has 1 heterocycles. The lowest BCUT2D eigenvalue weighted by Gasteiger charge is -2.12. The van der Waals surface area contributed by atoms with Crippen LogP contribution in [0.25, 0.3) is 0 Å². The van der Waals surface area contributed by atoms with Gasteiger partial charge in [0.2, 0.25) is 0 Å². The van der Waals surface area contributed by atoms with Crippen molar-refractivity contribution in [2.45, 2.75) is 25.8 Å². The molecule has 0 radical (unpaired) electrons. The normalized spacial score (nSPS) is 14.0. The molecule has 1 unspecified atom stereocenters. The van der Waals surface area contributed by atoms with E-state index < -0.39 is 5.54 Å². The van der Waals surface area contributed by atoms with Crippen molar-refractivity contribution in [3.63, 3.8) is 0 Å². The van der Waals surface area contributed by atoms with Gasteiger partial charge in [-0.25, -0.2) is 4.98 Å². The Morgan fingerprint density at radius 3 is 2.93 bits per heavy atom. The number of hydrogen-bond donors (Lipinski definition) is 1. The molecule has 1 atom stereocenters. The quantitative estimate of drug-likeness (QED) is 0.755. The van der Waals surface area contributed by atoms with Crippen molar-refractivity contribution in [1.82, 2.24) is 4.98 Å². The SMILES string of the molecule is CCC(C)(N)C#Cc1cnc(OC)s1. The molecule has 0 amide bonds. The average molecular weight is 210 g/mol. The maximum Gasteiger partial charge on any atom is 0.274 e. The summed E-state index contributed by atoms with van der Waals surface area (Å²) in [6.45, 7) is 3.93. The molecule has 76 valence electrons. The van der Waals surface area contributed by atoms with Crippen LogP contribution in [-0.4, -0.2) is 17.6 Å². The highest BCUT2D eigenvalue weighted by Gasteiger charge is 2.10. The molecule has 1 rings (SSSR count). The lowest BCUT2D eigenvalue weighted by atomic mass is 10.0. The zero-order valence-corrected chi connectivity index (χ0v) is 9.44. The van der Waals surface area contributed by atoms with E-state index in [1.165, 1.54) is 11.3 Å². The molecule has 4 heteroatoms. The first-order chi connectivity index (χ1) is 6.57. The Kier molecular flexibility index (Phi) is 3.50.